The van der Waals surface area contributed by atoms with Crippen LogP contribution in [0.1, 0.15) is 59.1 Å². The predicted molar refractivity (Wildman–Crippen MR) is 139 cm³/mol. The van der Waals surface area contributed by atoms with Crippen LogP contribution in [0.4, 0.5) is 0 Å². The van der Waals surface area contributed by atoms with Crippen molar-refractivity contribution in [2.45, 2.75) is 60.1 Å². The number of rotatable bonds is 10. The largest absolute Gasteiger partial charge is 0.508 e. The SMILES string of the molecule is CC(C)=CCC/C(C)=C/COc1c(OCc2ccccc2)c(=O)n(C(C)C)c2cc(O)ccc12. The summed E-state index contributed by atoms with van der Waals surface area (Å²) in [5.41, 5.74) is 3.84. The average molecular weight is 462 g/mol. The molecule has 5 heteroatoms. The lowest BCUT2D eigenvalue weighted by atomic mass is 10.1. The molecule has 0 saturated heterocycles. The van der Waals surface area contributed by atoms with Crippen molar-refractivity contribution in [3.8, 4) is 17.2 Å². The molecule has 5 nitrogen and oxygen atoms in total. The summed E-state index contributed by atoms with van der Waals surface area (Å²) in [4.78, 5) is 13.5. The number of ether oxygens (including phenoxy) is 2. The zero-order chi connectivity index (χ0) is 24.7. The second-order valence-corrected chi connectivity index (χ2v) is 9.08. The van der Waals surface area contributed by atoms with Gasteiger partial charge in [0, 0.05) is 17.5 Å². The van der Waals surface area contributed by atoms with Crippen LogP contribution < -0.4 is 15.0 Å². The average Bonchev–Trinajstić information content (AvgIpc) is 2.78. The molecule has 1 heterocycles. The number of aromatic nitrogens is 1. The van der Waals surface area contributed by atoms with Gasteiger partial charge in [-0.25, -0.2) is 0 Å². The highest BCUT2D eigenvalue weighted by Crippen LogP contribution is 2.36. The zero-order valence-electron chi connectivity index (χ0n) is 20.8. The molecule has 3 rings (SSSR count). The van der Waals surface area contributed by atoms with Gasteiger partial charge < -0.3 is 19.1 Å². The number of hydrogen-bond acceptors (Lipinski definition) is 4. The minimum absolute atomic E-state index is 0.0974. The van der Waals surface area contributed by atoms with Gasteiger partial charge in [0.15, 0.2) is 5.75 Å². The van der Waals surface area contributed by atoms with Crippen molar-refractivity contribution in [3.63, 3.8) is 0 Å². The monoisotopic (exact) mass is 461 g/mol. The number of phenols is 1. The lowest BCUT2D eigenvalue weighted by Gasteiger charge is -2.20. The Morgan fingerprint density at radius 1 is 1.00 bits per heavy atom. The first-order chi connectivity index (χ1) is 16.3. The third kappa shape index (κ3) is 6.31. The van der Waals surface area contributed by atoms with E-state index in [4.69, 9.17) is 9.47 Å². The van der Waals surface area contributed by atoms with Gasteiger partial charge in [-0.15, -0.1) is 0 Å². The fourth-order valence-corrected chi connectivity index (χ4v) is 3.82. The standard InChI is InChI=1S/C29H35NO4/c1-20(2)10-9-11-22(5)16-17-33-27-25-15-14-24(31)18-26(25)30(21(3)4)29(32)28(27)34-19-23-12-7-6-8-13-23/h6-8,10,12-16,18,21,31H,9,11,17,19H2,1-5H3/b22-16+. The molecular weight excluding hydrogens is 426 g/mol. The van der Waals surface area contributed by atoms with E-state index < -0.39 is 0 Å². The number of fused-ring (bicyclic) bond motifs is 1. The molecule has 0 aliphatic carbocycles. The number of hydrogen-bond donors (Lipinski definition) is 1. The second kappa shape index (κ2) is 11.6. The van der Waals surface area contributed by atoms with Crippen molar-refractivity contribution in [2.75, 3.05) is 6.61 Å². The van der Waals surface area contributed by atoms with Gasteiger partial charge in [0.2, 0.25) is 5.75 Å². The number of phenolic OH excluding ortho intramolecular Hbond substituents is 1. The van der Waals surface area contributed by atoms with Crippen molar-refractivity contribution in [3.05, 3.63) is 87.7 Å². The van der Waals surface area contributed by atoms with Crippen molar-refractivity contribution in [2.24, 2.45) is 0 Å². The Morgan fingerprint density at radius 2 is 1.74 bits per heavy atom. The van der Waals surface area contributed by atoms with E-state index in [0.717, 1.165) is 23.8 Å². The molecular formula is C29H35NO4. The molecule has 0 aliphatic rings. The molecule has 3 aromatic rings. The van der Waals surface area contributed by atoms with Gasteiger partial charge in [0.25, 0.3) is 5.56 Å². The summed E-state index contributed by atoms with van der Waals surface area (Å²) >= 11 is 0. The Kier molecular flexibility index (Phi) is 8.58. The predicted octanol–water partition coefficient (Wildman–Crippen LogP) is 6.94. The molecule has 1 aromatic heterocycles. The molecule has 0 fully saturated rings. The van der Waals surface area contributed by atoms with E-state index in [0.29, 0.717) is 17.9 Å². The Labute approximate surface area is 202 Å². The van der Waals surface area contributed by atoms with Crippen molar-refractivity contribution in [1.82, 2.24) is 4.57 Å². The molecule has 0 radical (unpaired) electrons. The Bertz CT molecular complexity index is 1230. The van der Waals surface area contributed by atoms with E-state index in [1.54, 1.807) is 22.8 Å². The van der Waals surface area contributed by atoms with E-state index in [2.05, 4.69) is 26.8 Å². The van der Waals surface area contributed by atoms with Gasteiger partial charge in [-0.1, -0.05) is 47.6 Å². The summed E-state index contributed by atoms with van der Waals surface area (Å²) in [7, 11) is 0. The first kappa shape index (κ1) is 25.2. The molecule has 0 aliphatic heterocycles. The van der Waals surface area contributed by atoms with Crippen LogP contribution >= 0.6 is 0 Å². The smallest absolute Gasteiger partial charge is 0.297 e. The number of nitrogens with zero attached hydrogens (tertiary/aromatic N) is 1. The van der Waals surface area contributed by atoms with Crippen molar-refractivity contribution >= 4 is 10.9 Å². The fraction of sp³-hybridized carbons (Fsp3) is 0.345. The molecule has 0 unspecified atom stereocenters. The summed E-state index contributed by atoms with van der Waals surface area (Å²) in [6, 6.07) is 14.6. The summed E-state index contributed by atoms with van der Waals surface area (Å²) in [6.45, 7) is 10.7. The van der Waals surface area contributed by atoms with Crippen LogP contribution in [0.2, 0.25) is 0 Å². The van der Waals surface area contributed by atoms with Gasteiger partial charge in [0.05, 0.1) is 5.52 Å². The van der Waals surface area contributed by atoms with E-state index in [1.807, 2.05) is 50.3 Å². The number of allylic oxidation sites excluding steroid dienone is 3. The molecule has 0 atom stereocenters. The van der Waals surface area contributed by atoms with Crippen molar-refractivity contribution < 1.29 is 14.6 Å². The number of aromatic hydroxyl groups is 1. The number of pyridine rings is 1. The van der Waals surface area contributed by atoms with Crippen LogP contribution in [0.5, 0.6) is 17.2 Å². The first-order valence-corrected chi connectivity index (χ1v) is 11.8. The second-order valence-electron chi connectivity index (χ2n) is 9.08. The summed E-state index contributed by atoms with van der Waals surface area (Å²) in [6.07, 6.45) is 6.21. The summed E-state index contributed by atoms with van der Waals surface area (Å²) in [5, 5.41) is 10.8. The minimum atomic E-state index is -0.275. The number of benzene rings is 2. The van der Waals surface area contributed by atoms with Gasteiger partial charge in [0.1, 0.15) is 19.0 Å². The van der Waals surface area contributed by atoms with Crippen LogP contribution in [-0.2, 0) is 6.61 Å². The molecule has 0 spiro atoms. The van der Waals surface area contributed by atoms with Gasteiger partial charge in [-0.2, -0.15) is 0 Å². The maximum atomic E-state index is 13.5. The Morgan fingerprint density at radius 3 is 2.41 bits per heavy atom. The third-order valence-electron chi connectivity index (χ3n) is 5.60. The van der Waals surface area contributed by atoms with E-state index in [-0.39, 0.29) is 29.7 Å². The van der Waals surface area contributed by atoms with Crippen LogP contribution in [0, 0.1) is 0 Å². The lowest BCUT2D eigenvalue weighted by Crippen LogP contribution is -2.25. The minimum Gasteiger partial charge on any atom is -0.508 e. The van der Waals surface area contributed by atoms with E-state index >= 15 is 0 Å². The van der Waals surface area contributed by atoms with E-state index in [1.165, 1.54) is 11.1 Å². The Hall–Kier alpha value is -3.47. The topological polar surface area (TPSA) is 60.7 Å². The highest BCUT2D eigenvalue weighted by atomic mass is 16.5. The lowest BCUT2D eigenvalue weighted by molar-refractivity contribution is 0.270. The van der Waals surface area contributed by atoms with Gasteiger partial charge in [-0.05, 0) is 71.2 Å². The quantitative estimate of drug-likeness (QED) is 0.332. The fourth-order valence-electron chi connectivity index (χ4n) is 3.82. The highest BCUT2D eigenvalue weighted by Gasteiger charge is 2.21. The Balaban J connectivity index is 2.00. The van der Waals surface area contributed by atoms with Gasteiger partial charge in [-0.3, -0.25) is 4.79 Å². The van der Waals surface area contributed by atoms with E-state index in [9.17, 15) is 9.90 Å². The molecule has 1 N–H and O–H groups in total. The van der Waals surface area contributed by atoms with Crippen LogP contribution in [0.3, 0.4) is 0 Å². The summed E-state index contributed by atoms with van der Waals surface area (Å²) in [5.74, 6) is 0.688. The highest BCUT2D eigenvalue weighted by molar-refractivity contribution is 5.89. The normalized spacial score (nSPS) is 11.6. The van der Waals surface area contributed by atoms with Crippen LogP contribution in [-0.4, -0.2) is 16.3 Å². The molecule has 2 aromatic carbocycles. The van der Waals surface area contributed by atoms with Crippen LogP contribution in [0.15, 0.2) is 76.6 Å². The molecule has 34 heavy (non-hydrogen) atoms. The zero-order valence-corrected chi connectivity index (χ0v) is 20.8. The molecule has 0 saturated carbocycles. The molecule has 0 bridgehead atoms. The van der Waals surface area contributed by atoms with Crippen molar-refractivity contribution in [1.29, 1.82) is 0 Å². The molecule has 0 amide bonds. The maximum Gasteiger partial charge on any atom is 0.297 e. The third-order valence-corrected chi connectivity index (χ3v) is 5.60. The van der Waals surface area contributed by atoms with Crippen LogP contribution in [0.25, 0.3) is 10.9 Å². The maximum absolute atomic E-state index is 13.5. The van der Waals surface area contributed by atoms with Gasteiger partial charge >= 0.3 is 0 Å². The summed E-state index contributed by atoms with van der Waals surface area (Å²) < 4.78 is 13.9. The molecule has 180 valence electrons. The first-order valence-electron chi connectivity index (χ1n) is 11.8.